The number of carbonyl (C=O) groups is 1. The maximum Gasteiger partial charge on any atom is 0.451 e. The molecule has 2 amide bonds. The summed E-state index contributed by atoms with van der Waals surface area (Å²) < 4.78 is 37.0. The first-order valence-electron chi connectivity index (χ1n) is 5.87. The van der Waals surface area contributed by atoms with Crippen LogP contribution in [0.5, 0.6) is 0 Å². The zero-order chi connectivity index (χ0) is 14.8. The third kappa shape index (κ3) is 3.22. The average Bonchev–Trinajstić information content (AvgIpc) is 2.91. The summed E-state index contributed by atoms with van der Waals surface area (Å²) in [5.74, 6) is -1.20. The molecule has 1 aliphatic rings. The standard InChI is InChI=1S/C11H12F3N5O/c1-7(18-10(20)19-4-2-3-17-19)8-5-15-9(16-6-8)11(12,13)14/h3,5-7H,2,4H2,1H3,(H,18,20)/t7-/m1/s1. The van der Waals surface area contributed by atoms with Gasteiger partial charge in [0, 0.05) is 30.6 Å². The highest BCUT2D eigenvalue weighted by molar-refractivity contribution is 5.77. The highest BCUT2D eigenvalue weighted by Crippen LogP contribution is 2.25. The normalized spacial score (nSPS) is 16.3. The molecule has 1 aromatic rings. The molecule has 1 N–H and O–H groups in total. The highest BCUT2D eigenvalue weighted by atomic mass is 19.4. The van der Waals surface area contributed by atoms with Crippen LogP contribution < -0.4 is 5.32 Å². The molecule has 2 rings (SSSR count). The van der Waals surface area contributed by atoms with Crippen molar-refractivity contribution in [3.8, 4) is 0 Å². The smallest absolute Gasteiger partial charge is 0.330 e. The van der Waals surface area contributed by atoms with E-state index >= 15 is 0 Å². The van der Waals surface area contributed by atoms with Gasteiger partial charge in [0.2, 0.25) is 5.82 Å². The molecule has 108 valence electrons. The van der Waals surface area contributed by atoms with Gasteiger partial charge in [-0.1, -0.05) is 0 Å². The highest BCUT2D eigenvalue weighted by Gasteiger charge is 2.34. The van der Waals surface area contributed by atoms with Crippen molar-refractivity contribution < 1.29 is 18.0 Å². The van der Waals surface area contributed by atoms with Crippen molar-refractivity contribution in [2.45, 2.75) is 25.6 Å². The van der Waals surface area contributed by atoms with Crippen LogP contribution in [0, 0.1) is 0 Å². The number of hydrogen-bond acceptors (Lipinski definition) is 4. The van der Waals surface area contributed by atoms with Gasteiger partial charge in [0.25, 0.3) is 0 Å². The Morgan fingerprint density at radius 1 is 1.40 bits per heavy atom. The number of amides is 2. The lowest BCUT2D eigenvalue weighted by atomic mass is 10.2. The molecule has 6 nitrogen and oxygen atoms in total. The minimum absolute atomic E-state index is 0.384. The second-order valence-corrected chi connectivity index (χ2v) is 4.22. The summed E-state index contributed by atoms with van der Waals surface area (Å²) in [5.41, 5.74) is 0.384. The van der Waals surface area contributed by atoms with Crippen LogP contribution in [0.3, 0.4) is 0 Å². The number of halogens is 3. The number of nitrogens with zero attached hydrogens (tertiary/aromatic N) is 4. The van der Waals surface area contributed by atoms with E-state index in [0.717, 1.165) is 12.4 Å². The van der Waals surface area contributed by atoms with Gasteiger partial charge in [-0.15, -0.1) is 0 Å². The van der Waals surface area contributed by atoms with Gasteiger partial charge in [0.05, 0.1) is 12.6 Å². The van der Waals surface area contributed by atoms with Crippen LogP contribution in [0.2, 0.25) is 0 Å². The Bertz CT molecular complexity index is 514. The second kappa shape index (κ2) is 5.43. The van der Waals surface area contributed by atoms with Crippen molar-refractivity contribution in [3.05, 3.63) is 23.8 Å². The zero-order valence-corrected chi connectivity index (χ0v) is 10.6. The van der Waals surface area contributed by atoms with Gasteiger partial charge in [0.15, 0.2) is 0 Å². The zero-order valence-electron chi connectivity index (χ0n) is 10.6. The molecular weight excluding hydrogens is 275 g/mol. The molecule has 1 aliphatic heterocycles. The monoisotopic (exact) mass is 287 g/mol. The van der Waals surface area contributed by atoms with Crippen molar-refractivity contribution in [1.29, 1.82) is 0 Å². The van der Waals surface area contributed by atoms with Crippen LogP contribution in [0.1, 0.15) is 30.8 Å². The van der Waals surface area contributed by atoms with Crippen LogP contribution in [0.25, 0.3) is 0 Å². The van der Waals surface area contributed by atoms with E-state index in [1.165, 1.54) is 5.01 Å². The Labute approximate surface area is 112 Å². The Balaban J connectivity index is 2.00. The third-order valence-electron chi connectivity index (χ3n) is 2.69. The number of urea groups is 1. The van der Waals surface area contributed by atoms with E-state index in [1.807, 2.05) is 0 Å². The Kier molecular flexibility index (Phi) is 3.86. The number of hydrogen-bond donors (Lipinski definition) is 1. The van der Waals surface area contributed by atoms with Gasteiger partial charge in [-0.3, -0.25) is 0 Å². The first-order valence-corrected chi connectivity index (χ1v) is 5.87. The largest absolute Gasteiger partial charge is 0.451 e. The first-order chi connectivity index (χ1) is 9.38. The lowest BCUT2D eigenvalue weighted by Crippen LogP contribution is -2.37. The average molecular weight is 287 g/mol. The van der Waals surface area contributed by atoms with E-state index in [1.54, 1.807) is 13.1 Å². The summed E-state index contributed by atoms with van der Waals surface area (Å²) in [4.78, 5) is 18.2. The molecule has 0 saturated heterocycles. The van der Waals surface area contributed by atoms with E-state index < -0.39 is 24.1 Å². The van der Waals surface area contributed by atoms with Gasteiger partial charge in [0.1, 0.15) is 0 Å². The molecule has 9 heteroatoms. The molecule has 0 radical (unpaired) electrons. The summed E-state index contributed by atoms with van der Waals surface area (Å²) in [7, 11) is 0. The number of alkyl halides is 3. The van der Waals surface area contributed by atoms with E-state index in [9.17, 15) is 18.0 Å². The van der Waals surface area contributed by atoms with Crippen LogP contribution in [-0.4, -0.2) is 33.8 Å². The Morgan fingerprint density at radius 3 is 2.55 bits per heavy atom. The van der Waals surface area contributed by atoms with E-state index in [0.29, 0.717) is 18.5 Å². The summed E-state index contributed by atoms with van der Waals surface area (Å²) in [6.07, 6.45) is -0.173. The first kappa shape index (κ1) is 14.2. The fourth-order valence-electron chi connectivity index (χ4n) is 1.60. The van der Waals surface area contributed by atoms with Crippen LogP contribution in [-0.2, 0) is 6.18 Å². The lowest BCUT2D eigenvalue weighted by molar-refractivity contribution is -0.145. The third-order valence-corrected chi connectivity index (χ3v) is 2.69. The molecular formula is C11H12F3N5O. The summed E-state index contributed by atoms with van der Waals surface area (Å²) in [6, 6.07) is -0.924. The molecule has 1 aromatic heterocycles. The second-order valence-electron chi connectivity index (χ2n) is 4.22. The topological polar surface area (TPSA) is 70.5 Å². The molecule has 0 unspecified atom stereocenters. The molecule has 0 fully saturated rings. The molecule has 0 spiro atoms. The Hall–Kier alpha value is -2.19. The molecule has 0 saturated carbocycles. The van der Waals surface area contributed by atoms with Crippen molar-refractivity contribution in [2.24, 2.45) is 5.10 Å². The predicted octanol–water partition coefficient (Wildman–Crippen LogP) is 1.96. The number of aromatic nitrogens is 2. The van der Waals surface area contributed by atoms with E-state index in [2.05, 4.69) is 20.4 Å². The molecule has 0 bridgehead atoms. The number of nitrogens with one attached hydrogen (secondary N) is 1. The molecule has 1 atom stereocenters. The minimum Gasteiger partial charge on any atom is -0.330 e. The summed E-state index contributed by atoms with van der Waals surface area (Å²) in [5, 5.41) is 7.70. The lowest BCUT2D eigenvalue weighted by Gasteiger charge is -2.18. The van der Waals surface area contributed by atoms with Gasteiger partial charge < -0.3 is 5.32 Å². The fraction of sp³-hybridized carbons (Fsp3) is 0.455. The van der Waals surface area contributed by atoms with Crippen LogP contribution >= 0.6 is 0 Å². The molecule has 2 heterocycles. The molecule has 0 aliphatic carbocycles. The molecule has 0 aromatic carbocycles. The fourth-order valence-corrected chi connectivity index (χ4v) is 1.60. The predicted molar refractivity (Wildman–Crippen MR) is 63.8 cm³/mol. The van der Waals surface area contributed by atoms with E-state index in [4.69, 9.17) is 0 Å². The maximum absolute atomic E-state index is 12.3. The van der Waals surface area contributed by atoms with E-state index in [-0.39, 0.29) is 0 Å². The summed E-state index contributed by atoms with van der Waals surface area (Å²) >= 11 is 0. The quantitative estimate of drug-likeness (QED) is 0.903. The maximum atomic E-state index is 12.3. The van der Waals surface area contributed by atoms with Crippen molar-refractivity contribution in [2.75, 3.05) is 6.54 Å². The SMILES string of the molecule is C[C@@H](NC(=O)N1CCC=N1)c1cnc(C(F)(F)F)nc1. The Morgan fingerprint density at radius 2 is 2.05 bits per heavy atom. The van der Waals surface area contributed by atoms with Crippen molar-refractivity contribution >= 4 is 12.2 Å². The number of hydrazone groups is 1. The van der Waals surface area contributed by atoms with Crippen LogP contribution in [0.15, 0.2) is 17.5 Å². The van der Waals surface area contributed by atoms with Gasteiger partial charge in [-0.2, -0.15) is 18.3 Å². The van der Waals surface area contributed by atoms with Gasteiger partial charge in [-0.25, -0.2) is 19.8 Å². The summed E-state index contributed by atoms with van der Waals surface area (Å²) in [6.45, 7) is 2.12. The van der Waals surface area contributed by atoms with Crippen LogP contribution in [0.4, 0.5) is 18.0 Å². The molecule has 20 heavy (non-hydrogen) atoms. The van der Waals surface area contributed by atoms with Gasteiger partial charge >= 0.3 is 12.2 Å². The van der Waals surface area contributed by atoms with Crippen molar-refractivity contribution in [1.82, 2.24) is 20.3 Å². The number of rotatable bonds is 2. The van der Waals surface area contributed by atoms with Gasteiger partial charge in [-0.05, 0) is 6.92 Å². The number of carbonyl (C=O) groups excluding carboxylic acids is 1. The minimum atomic E-state index is -4.57. The van der Waals surface area contributed by atoms with Crippen molar-refractivity contribution in [3.63, 3.8) is 0 Å².